The van der Waals surface area contributed by atoms with Gasteiger partial charge in [0, 0.05) is 57.6 Å². The summed E-state index contributed by atoms with van der Waals surface area (Å²) in [7, 11) is 1.67. The van der Waals surface area contributed by atoms with Gasteiger partial charge in [-0.15, -0.1) is 0 Å². The molecule has 1 aliphatic heterocycles. The molecule has 2 aromatic rings. The lowest BCUT2D eigenvalue weighted by Crippen LogP contribution is -2.35. The number of aromatic nitrogens is 1. The van der Waals surface area contributed by atoms with E-state index in [9.17, 15) is 9.59 Å². The Labute approximate surface area is 152 Å². The summed E-state index contributed by atoms with van der Waals surface area (Å²) in [4.78, 5) is 28.6. The molecule has 0 atom stereocenters. The van der Waals surface area contributed by atoms with Gasteiger partial charge in [0.25, 0.3) is 11.5 Å². The SMILES string of the molecule is Cn1ccc(C(=O)N2CCCN(Cc3ccc(C#N)cc3)CC2)cc1=O. The zero-order valence-electron chi connectivity index (χ0n) is 14.9. The highest BCUT2D eigenvalue weighted by atomic mass is 16.2. The quantitative estimate of drug-likeness (QED) is 0.843. The van der Waals surface area contributed by atoms with E-state index in [-0.39, 0.29) is 11.5 Å². The number of pyridine rings is 1. The first-order valence-corrected chi connectivity index (χ1v) is 8.74. The molecular formula is C20H22N4O2. The molecule has 0 unspecified atom stereocenters. The van der Waals surface area contributed by atoms with Gasteiger partial charge in [-0.05, 0) is 30.2 Å². The average molecular weight is 350 g/mol. The van der Waals surface area contributed by atoms with Crippen molar-refractivity contribution in [2.24, 2.45) is 7.05 Å². The van der Waals surface area contributed by atoms with Gasteiger partial charge in [0.05, 0.1) is 11.6 Å². The normalized spacial score (nSPS) is 15.3. The average Bonchev–Trinajstić information content (AvgIpc) is 2.89. The molecule has 1 saturated heterocycles. The summed E-state index contributed by atoms with van der Waals surface area (Å²) < 4.78 is 1.46. The molecule has 0 N–H and O–H groups in total. The van der Waals surface area contributed by atoms with Crippen LogP contribution >= 0.6 is 0 Å². The fraction of sp³-hybridized carbons (Fsp3) is 0.350. The minimum Gasteiger partial charge on any atom is -0.337 e. The molecule has 1 aromatic heterocycles. The second-order valence-electron chi connectivity index (χ2n) is 6.60. The lowest BCUT2D eigenvalue weighted by molar-refractivity contribution is 0.0760. The van der Waals surface area contributed by atoms with E-state index >= 15 is 0 Å². The molecule has 1 aliphatic rings. The second kappa shape index (κ2) is 7.98. The Morgan fingerprint density at radius 2 is 1.88 bits per heavy atom. The topological polar surface area (TPSA) is 69.3 Å². The number of nitrogens with zero attached hydrogens (tertiary/aromatic N) is 4. The van der Waals surface area contributed by atoms with Crippen molar-refractivity contribution >= 4 is 5.91 Å². The maximum Gasteiger partial charge on any atom is 0.254 e. The van der Waals surface area contributed by atoms with Gasteiger partial charge in [0.2, 0.25) is 0 Å². The number of benzene rings is 1. The van der Waals surface area contributed by atoms with Crippen molar-refractivity contribution in [3.8, 4) is 6.07 Å². The number of hydrogen-bond acceptors (Lipinski definition) is 4. The van der Waals surface area contributed by atoms with Crippen LogP contribution in [0.15, 0.2) is 47.4 Å². The number of carbonyl (C=O) groups excluding carboxylic acids is 1. The molecule has 6 heteroatoms. The minimum absolute atomic E-state index is 0.0806. The van der Waals surface area contributed by atoms with Crippen molar-refractivity contribution in [1.29, 1.82) is 5.26 Å². The van der Waals surface area contributed by atoms with E-state index < -0.39 is 0 Å². The van der Waals surface area contributed by atoms with E-state index in [4.69, 9.17) is 5.26 Å². The van der Waals surface area contributed by atoms with Gasteiger partial charge >= 0.3 is 0 Å². The van der Waals surface area contributed by atoms with Crippen molar-refractivity contribution in [3.05, 3.63) is 69.6 Å². The Hall–Kier alpha value is -2.91. The number of hydrogen-bond donors (Lipinski definition) is 0. The first-order chi connectivity index (χ1) is 12.6. The van der Waals surface area contributed by atoms with E-state index in [0.717, 1.165) is 31.6 Å². The highest BCUT2D eigenvalue weighted by Gasteiger charge is 2.20. The molecule has 0 aliphatic carbocycles. The van der Waals surface area contributed by atoms with E-state index in [1.54, 1.807) is 19.3 Å². The van der Waals surface area contributed by atoms with Crippen LogP contribution in [0.1, 0.15) is 27.9 Å². The number of nitriles is 1. The van der Waals surface area contributed by atoms with Crippen LogP contribution < -0.4 is 5.56 Å². The summed E-state index contributed by atoms with van der Waals surface area (Å²) in [6, 6.07) is 12.9. The standard InChI is InChI=1S/C20H22N4O2/c1-22-10-7-18(13-19(22)25)20(26)24-9-2-8-23(11-12-24)15-17-5-3-16(14-21)4-6-17/h3-7,10,13H,2,8-9,11-12,15H2,1H3. The predicted molar refractivity (Wildman–Crippen MR) is 98.6 cm³/mol. The molecule has 26 heavy (non-hydrogen) atoms. The summed E-state index contributed by atoms with van der Waals surface area (Å²) in [5, 5.41) is 8.88. The molecule has 134 valence electrons. The van der Waals surface area contributed by atoms with Gasteiger partial charge in [-0.1, -0.05) is 12.1 Å². The molecule has 3 rings (SSSR count). The fourth-order valence-corrected chi connectivity index (χ4v) is 3.14. The van der Waals surface area contributed by atoms with E-state index in [0.29, 0.717) is 24.2 Å². The molecule has 0 radical (unpaired) electrons. The summed E-state index contributed by atoms with van der Waals surface area (Å²) in [6.07, 6.45) is 2.53. The summed E-state index contributed by atoms with van der Waals surface area (Å²) in [5.74, 6) is -0.0806. The van der Waals surface area contributed by atoms with Crippen LogP contribution in [0.3, 0.4) is 0 Å². The Morgan fingerprint density at radius 1 is 1.12 bits per heavy atom. The van der Waals surface area contributed by atoms with Crippen molar-refractivity contribution < 1.29 is 4.79 Å². The first-order valence-electron chi connectivity index (χ1n) is 8.74. The van der Waals surface area contributed by atoms with Crippen molar-refractivity contribution in [2.45, 2.75) is 13.0 Å². The zero-order chi connectivity index (χ0) is 18.5. The zero-order valence-corrected chi connectivity index (χ0v) is 14.9. The molecule has 0 bridgehead atoms. The Balaban J connectivity index is 1.62. The molecule has 6 nitrogen and oxygen atoms in total. The Morgan fingerprint density at radius 3 is 2.58 bits per heavy atom. The second-order valence-corrected chi connectivity index (χ2v) is 6.60. The Bertz CT molecular complexity index is 880. The molecule has 1 amide bonds. The number of aryl methyl sites for hydroxylation is 1. The van der Waals surface area contributed by atoms with Gasteiger partial charge in [0.1, 0.15) is 0 Å². The van der Waals surface area contributed by atoms with E-state index in [1.807, 2.05) is 29.2 Å². The third kappa shape index (κ3) is 4.19. The monoisotopic (exact) mass is 350 g/mol. The summed E-state index contributed by atoms with van der Waals surface area (Å²) >= 11 is 0. The fourth-order valence-electron chi connectivity index (χ4n) is 3.14. The van der Waals surface area contributed by atoms with Gasteiger partial charge in [-0.2, -0.15) is 5.26 Å². The third-order valence-electron chi connectivity index (χ3n) is 4.72. The van der Waals surface area contributed by atoms with Crippen LogP contribution in [0.2, 0.25) is 0 Å². The van der Waals surface area contributed by atoms with E-state index in [1.165, 1.54) is 10.6 Å². The lowest BCUT2D eigenvalue weighted by Gasteiger charge is -2.22. The van der Waals surface area contributed by atoms with Crippen LogP contribution in [-0.2, 0) is 13.6 Å². The maximum atomic E-state index is 12.7. The van der Waals surface area contributed by atoms with Crippen LogP contribution in [0, 0.1) is 11.3 Å². The van der Waals surface area contributed by atoms with Gasteiger partial charge in [-0.25, -0.2) is 0 Å². The van der Waals surface area contributed by atoms with E-state index in [2.05, 4.69) is 11.0 Å². The molecule has 2 heterocycles. The molecule has 0 spiro atoms. The largest absolute Gasteiger partial charge is 0.337 e. The van der Waals surface area contributed by atoms with Crippen LogP contribution in [0.4, 0.5) is 0 Å². The van der Waals surface area contributed by atoms with Crippen LogP contribution in [0.5, 0.6) is 0 Å². The van der Waals surface area contributed by atoms with Gasteiger partial charge in [-0.3, -0.25) is 14.5 Å². The summed E-state index contributed by atoms with van der Waals surface area (Å²) in [5.41, 5.74) is 2.10. The smallest absolute Gasteiger partial charge is 0.254 e. The number of rotatable bonds is 3. The van der Waals surface area contributed by atoms with Crippen LogP contribution in [0.25, 0.3) is 0 Å². The highest BCUT2D eigenvalue weighted by molar-refractivity contribution is 5.94. The maximum absolute atomic E-state index is 12.7. The van der Waals surface area contributed by atoms with Crippen LogP contribution in [-0.4, -0.2) is 46.5 Å². The van der Waals surface area contributed by atoms with Crippen molar-refractivity contribution in [1.82, 2.24) is 14.4 Å². The molecule has 1 aromatic carbocycles. The third-order valence-corrected chi connectivity index (χ3v) is 4.72. The van der Waals surface area contributed by atoms with Gasteiger partial charge < -0.3 is 9.47 Å². The highest BCUT2D eigenvalue weighted by Crippen LogP contribution is 2.12. The molecular weight excluding hydrogens is 328 g/mol. The molecule has 1 fully saturated rings. The Kier molecular flexibility index (Phi) is 5.49. The summed E-state index contributed by atoms with van der Waals surface area (Å²) in [6.45, 7) is 3.85. The predicted octanol–water partition coefficient (Wildman–Crippen LogP) is 1.61. The van der Waals surface area contributed by atoms with Crippen molar-refractivity contribution in [2.75, 3.05) is 26.2 Å². The number of carbonyl (C=O) groups is 1. The van der Waals surface area contributed by atoms with Gasteiger partial charge in [0.15, 0.2) is 0 Å². The minimum atomic E-state index is -0.173. The first kappa shape index (κ1) is 17.9. The molecule has 0 saturated carbocycles. The lowest BCUT2D eigenvalue weighted by atomic mass is 10.1. The number of amides is 1. The van der Waals surface area contributed by atoms with Crippen molar-refractivity contribution in [3.63, 3.8) is 0 Å².